The van der Waals surface area contributed by atoms with Crippen molar-refractivity contribution in [2.75, 3.05) is 112 Å². The molecule has 1 rings (SSSR count). The van der Waals surface area contributed by atoms with Crippen LogP contribution in [0.2, 0.25) is 0 Å². The fraction of sp³-hybridized carbons (Fsp3) is 0.800. The molecule has 0 atom stereocenters. The van der Waals surface area contributed by atoms with Gasteiger partial charge in [0.05, 0.1) is 99.1 Å². The number of hydrogen-bond donors (Lipinski definition) is 0. The molecule has 1 aromatic rings. The van der Waals surface area contributed by atoms with Gasteiger partial charge in [0.15, 0.2) is 0 Å². The van der Waals surface area contributed by atoms with Crippen LogP contribution in [-0.4, -0.2) is 119 Å². The lowest BCUT2D eigenvalue weighted by atomic mass is 10.1. The summed E-state index contributed by atoms with van der Waals surface area (Å²) in [5.74, 6) is 0.711. The lowest BCUT2D eigenvalue weighted by Gasteiger charge is -2.09. The molecule has 0 aliphatic rings. The summed E-state index contributed by atoms with van der Waals surface area (Å²) in [6, 6.07) is 6.96. The van der Waals surface area contributed by atoms with Crippen LogP contribution in [0.25, 0.3) is 0 Å². The Labute approximate surface area is 272 Å². The number of carbonyl (C=O) groups excluding carboxylic acids is 1. The fourth-order valence-electron chi connectivity index (χ4n) is 4.19. The monoisotopic (exact) mass is 642 g/mol. The quantitative estimate of drug-likeness (QED) is 0.0641. The molecule has 10 nitrogen and oxygen atoms in total. The number of aldehydes is 1. The molecule has 1 aromatic carbocycles. The van der Waals surface area contributed by atoms with Crippen LogP contribution in [0.15, 0.2) is 24.3 Å². The summed E-state index contributed by atoms with van der Waals surface area (Å²) in [5, 5.41) is 0. The highest BCUT2D eigenvalue weighted by atomic mass is 16.6. The zero-order chi connectivity index (χ0) is 32.1. The van der Waals surface area contributed by atoms with Crippen molar-refractivity contribution in [1.82, 2.24) is 0 Å². The first-order chi connectivity index (χ1) is 22.4. The highest BCUT2D eigenvalue weighted by Gasteiger charge is 1.98. The molecule has 0 aliphatic carbocycles. The molecule has 0 aromatic heterocycles. The number of hydrogen-bond acceptors (Lipinski definition) is 10. The number of carbonyl (C=O) groups is 1. The van der Waals surface area contributed by atoms with Gasteiger partial charge in [-0.15, -0.1) is 0 Å². The van der Waals surface area contributed by atoms with Crippen molar-refractivity contribution in [2.24, 2.45) is 0 Å². The van der Waals surface area contributed by atoms with Gasteiger partial charge in [-0.2, -0.15) is 0 Å². The highest BCUT2D eigenvalue weighted by molar-refractivity contribution is 5.74. The Morgan fingerprint density at radius 2 is 0.711 bits per heavy atom. The van der Waals surface area contributed by atoms with E-state index in [4.69, 9.17) is 42.6 Å². The minimum atomic E-state index is 0.438. The lowest BCUT2D eigenvalue weighted by Crippen LogP contribution is -2.15. The molecule has 0 unspecified atom stereocenters. The van der Waals surface area contributed by atoms with Gasteiger partial charge in [0, 0.05) is 12.2 Å². The van der Waals surface area contributed by atoms with E-state index in [1.807, 2.05) is 0 Å². The van der Waals surface area contributed by atoms with Crippen molar-refractivity contribution in [3.8, 4) is 5.75 Å². The maximum atomic E-state index is 10.6. The fourth-order valence-corrected chi connectivity index (χ4v) is 4.19. The first-order valence-corrected chi connectivity index (χ1v) is 17.2. The molecular formula is C35H62O10. The summed E-state index contributed by atoms with van der Waals surface area (Å²) in [4.78, 5) is 10.6. The summed E-state index contributed by atoms with van der Waals surface area (Å²) >= 11 is 0. The molecule has 0 bridgehead atoms. The Hall–Kier alpha value is -1.63. The third-order valence-corrected chi connectivity index (χ3v) is 6.76. The SMILES string of the molecule is CCCCCCCCCCCCOCCOCCOCCOCCOCCOCCOCCOCCOc1ccc(C=O)cc1. The van der Waals surface area contributed by atoms with Crippen molar-refractivity contribution in [1.29, 1.82) is 0 Å². The Balaban J connectivity index is 1.63. The largest absolute Gasteiger partial charge is 0.491 e. The molecule has 0 heterocycles. The van der Waals surface area contributed by atoms with Gasteiger partial charge in [-0.1, -0.05) is 64.7 Å². The smallest absolute Gasteiger partial charge is 0.150 e. The van der Waals surface area contributed by atoms with Crippen LogP contribution < -0.4 is 4.74 Å². The van der Waals surface area contributed by atoms with Crippen molar-refractivity contribution in [3.05, 3.63) is 29.8 Å². The second-order valence-corrected chi connectivity index (χ2v) is 10.6. The minimum absolute atomic E-state index is 0.438. The van der Waals surface area contributed by atoms with E-state index in [1.165, 1.54) is 57.8 Å². The number of benzene rings is 1. The molecule has 0 saturated carbocycles. The average Bonchev–Trinajstić information content (AvgIpc) is 3.06. The van der Waals surface area contributed by atoms with Crippen LogP contribution in [0.3, 0.4) is 0 Å². The summed E-state index contributed by atoms with van der Waals surface area (Å²) in [6.07, 6.45) is 14.2. The molecule has 0 radical (unpaired) electrons. The summed E-state index contributed by atoms with van der Waals surface area (Å²) < 4.78 is 49.7. The third kappa shape index (κ3) is 30.8. The second kappa shape index (κ2) is 35.2. The zero-order valence-electron chi connectivity index (χ0n) is 28.1. The zero-order valence-corrected chi connectivity index (χ0v) is 28.1. The van der Waals surface area contributed by atoms with Gasteiger partial charge in [0.25, 0.3) is 0 Å². The lowest BCUT2D eigenvalue weighted by molar-refractivity contribution is -0.0236. The number of rotatable bonds is 37. The average molecular weight is 643 g/mol. The first-order valence-electron chi connectivity index (χ1n) is 17.2. The van der Waals surface area contributed by atoms with Crippen molar-refractivity contribution < 1.29 is 47.4 Å². The van der Waals surface area contributed by atoms with Crippen LogP contribution >= 0.6 is 0 Å². The molecule has 10 heteroatoms. The molecule has 0 N–H and O–H groups in total. The van der Waals surface area contributed by atoms with Crippen LogP contribution in [0.1, 0.15) is 81.5 Å². The van der Waals surface area contributed by atoms with Crippen LogP contribution in [-0.2, 0) is 37.9 Å². The maximum Gasteiger partial charge on any atom is 0.150 e. The van der Waals surface area contributed by atoms with Gasteiger partial charge in [0.1, 0.15) is 18.6 Å². The molecular weight excluding hydrogens is 580 g/mol. The van der Waals surface area contributed by atoms with Gasteiger partial charge in [0.2, 0.25) is 0 Å². The van der Waals surface area contributed by atoms with Crippen molar-refractivity contribution in [2.45, 2.75) is 71.1 Å². The molecule has 0 spiro atoms. The van der Waals surface area contributed by atoms with E-state index in [0.717, 1.165) is 19.3 Å². The Kier molecular flexibility index (Phi) is 32.4. The summed E-state index contributed by atoms with van der Waals surface area (Å²) in [7, 11) is 0. The Morgan fingerprint density at radius 1 is 0.400 bits per heavy atom. The summed E-state index contributed by atoms with van der Waals surface area (Å²) in [5.41, 5.74) is 0.624. The molecule has 45 heavy (non-hydrogen) atoms. The normalized spacial score (nSPS) is 11.3. The van der Waals surface area contributed by atoms with Crippen LogP contribution in [0, 0.1) is 0 Å². The van der Waals surface area contributed by atoms with Gasteiger partial charge >= 0.3 is 0 Å². The van der Waals surface area contributed by atoms with E-state index in [0.29, 0.717) is 117 Å². The Bertz CT molecular complexity index is 719. The number of ether oxygens (including phenoxy) is 9. The summed E-state index contributed by atoms with van der Waals surface area (Å²) in [6.45, 7) is 11.5. The van der Waals surface area contributed by atoms with E-state index >= 15 is 0 Å². The topological polar surface area (TPSA) is 100 Å². The van der Waals surface area contributed by atoms with Crippen molar-refractivity contribution in [3.63, 3.8) is 0 Å². The van der Waals surface area contributed by atoms with Crippen LogP contribution in [0.5, 0.6) is 5.75 Å². The van der Waals surface area contributed by atoms with E-state index in [1.54, 1.807) is 24.3 Å². The van der Waals surface area contributed by atoms with E-state index in [2.05, 4.69) is 6.92 Å². The molecule has 0 saturated heterocycles. The molecule has 0 aliphatic heterocycles. The van der Waals surface area contributed by atoms with E-state index in [9.17, 15) is 4.79 Å². The van der Waals surface area contributed by atoms with Gasteiger partial charge in [-0.05, 0) is 30.7 Å². The van der Waals surface area contributed by atoms with Crippen LogP contribution in [0.4, 0.5) is 0 Å². The molecule has 0 amide bonds. The Morgan fingerprint density at radius 3 is 1.07 bits per heavy atom. The molecule has 262 valence electrons. The van der Waals surface area contributed by atoms with Gasteiger partial charge in [-0.3, -0.25) is 4.79 Å². The standard InChI is InChI=1S/C35H62O10/c1-2-3-4-5-6-7-8-9-10-11-16-37-17-18-38-19-20-39-21-22-40-23-24-41-25-26-42-27-28-43-29-30-44-31-32-45-35-14-12-34(33-36)13-15-35/h12-15,33H,2-11,16-32H2,1H3. The maximum absolute atomic E-state index is 10.6. The predicted octanol–water partition coefficient (Wildman–Crippen LogP) is 5.93. The van der Waals surface area contributed by atoms with E-state index < -0.39 is 0 Å². The minimum Gasteiger partial charge on any atom is -0.491 e. The van der Waals surface area contributed by atoms with E-state index in [-0.39, 0.29) is 0 Å². The third-order valence-electron chi connectivity index (χ3n) is 6.76. The van der Waals surface area contributed by atoms with Gasteiger partial charge < -0.3 is 42.6 Å². The second-order valence-electron chi connectivity index (χ2n) is 10.6. The molecule has 0 fully saturated rings. The highest BCUT2D eigenvalue weighted by Crippen LogP contribution is 2.11. The van der Waals surface area contributed by atoms with Gasteiger partial charge in [-0.25, -0.2) is 0 Å². The van der Waals surface area contributed by atoms with Crippen molar-refractivity contribution >= 4 is 6.29 Å². The number of unbranched alkanes of at least 4 members (excludes halogenated alkanes) is 9. The predicted molar refractivity (Wildman–Crippen MR) is 176 cm³/mol. The first kappa shape index (κ1) is 41.4.